The van der Waals surface area contributed by atoms with Crippen molar-refractivity contribution in [2.24, 2.45) is 5.92 Å². The molecule has 0 radical (unpaired) electrons. The monoisotopic (exact) mass is 260 g/mol. The summed E-state index contributed by atoms with van der Waals surface area (Å²) in [4.78, 5) is 24.1. The molecule has 0 spiro atoms. The Balaban J connectivity index is 1.88. The molecule has 3 rings (SSSR count). The summed E-state index contributed by atoms with van der Waals surface area (Å²) in [5.74, 6) is -0.590. The van der Waals surface area contributed by atoms with E-state index in [1.165, 1.54) is 0 Å². The standard InChI is InChI=1S/C15H16O4/c16-9-10-4-6-11(7-5-10)13(17)15-8-2-1-3-12(15)14(18)19-15/h4-7,12,16H,1-3,8-9H2. The third kappa shape index (κ3) is 1.78. The van der Waals surface area contributed by atoms with Gasteiger partial charge >= 0.3 is 5.97 Å². The number of fused-ring (bicyclic) bond motifs is 1. The van der Waals surface area contributed by atoms with Crippen LogP contribution in [0.4, 0.5) is 0 Å². The predicted octanol–water partition coefficient (Wildman–Crippen LogP) is 1.85. The Hall–Kier alpha value is -1.68. The average molecular weight is 260 g/mol. The Morgan fingerprint density at radius 2 is 2.05 bits per heavy atom. The van der Waals surface area contributed by atoms with Gasteiger partial charge in [0, 0.05) is 5.56 Å². The number of hydrogen-bond donors (Lipinski definition) is 1. The van der Waals surface area contributed by atoms with Gasteiger partial charge in [-0.25, -0.2) is 0 Å². The summed E-state index contributed by atoms with van der Waals surface area (Å²) in [5.41, 5.74) is 0.409. The fourth-order valence-corrected chi connectivity index (χ4v) is 3.09. The van der Waals surface area contributed by atoms with Crippen LogP contribution in [0.5, 0.6) is 0 Å². The van der Waals surface area contributed by atoms with Crippen molar-refractivity contribution in [3.05, 3.63) is 35.4 Å². The number of esters is 1. The SMILES string of the molecule is O=C1OC2(C(=O)c3ccc(CO)cc3)CCCCC12. The summed E-state index contributed by atoms with van der Waals surface area (Å²) in [6.07, 6.45) is 3.28. The van der Waals surface area contributed by atoms with Crippen molar-refractivity contribution in [2.75, 3.05) is 0 Å². The molecule has 1 N–H and O–H groups in total. The van der Waals surface area contributed by atoms with Crippen LogP contribution in [-0.2, 0) is 16.1 Å². The molecule has 2 fully saturated rings. The van der Waals surface area contributed by atoms with Crippen LogP contribution in [0.1, 0.15) is 41.6 Å². The summed E-state index contributed by atoms with van der Waals surface area (Å²) < 4.78 is 5.27. The van der Waals surface area contributed by atoms with Gasteiger partial charge in [-0.1, -0.05) is 30.7 Å². The fourth-order valence-electron chi connectivity index (χ4n) is 3.09. The second-order valence-corrected chi connectivity index (χ2v) is 5.29. The van der Waals surface area contributed by atoms with E-state index in [0.29, 0.717) is 12.0 Å². The number of carbonyl (C=O) groups excluding carboxylic acids is 2. The van der Waals surface area contributed by atoms with Crippen LogP contribution in [0.2, 0.25) is 0 Å². The molecule has 1 aliphatic carbocycles. The molecule has 0 amide bonds. The van der Waals surface area contributed by atoms with Crippen LogP contribution in [0, 0.1) is 5.92 Å². The highest BCUT2D eigenvalue weighted by molar-refractivity contribution is 6.09. The number of hydrogen-bond acceptors (Lipinski definition) is 4. The second kappa shape index (κ2) is 4.46. The Morgan fingerprint density at radius 3 is 2.68 bits per heavy atom. The first kappa shape index (κ1) is 12.4. The van der Waals surface area contributed by atoms with Crippen molar-refractivity contribution in [1.82, 2.24) is 0 Å². The zero-order chi connectivity index (χ0) is 13.5. The zero-order valence-corrected chi connectivity index (χ0v) is 10.6. The molecular weight excluding hydrogens is 244 g/mol. The number of rotatable bonds is 3. The van der Waals surface area contributed by atoms with Crippen molar-refractivity contribution in [2.45, 2.75) is 37.9 Å². The third-order valence-corrected chi connectivity index (χ3v) is 4.20. The molecule has 0 aromatic heterocycles. The number of aliphatic hydroxyl groups excluding tert-OH is 1. The lowest BCUT2D eigenvalue weighted by atomic mass is 9.67. The van der Waals surface area contributed by atoms with Crippen LogP contribution in [0.25, 0.3) is 0 Å². The van der Waals surface area contributed by atoms with Crippen molar-refractivity contribution >= 4 is 11.8 Å². The van der Waals surface area contributed by atoms with Gasteiger partial charge in [-0.15, -0.1) is 0 Å². The van der Waals surface area contributed by atoms with E-state index >= 15 is 0 Å². The first-order chi connectivity index (χ1) is 9.17. The first-order valence-electron chi connectivity index (χ1n) is 6.65. The van der Waals surface area contributed by atoms with Gasteiger partial charge in [-0.2, -0.15) is 0 Å². The second-order valence-electron chi connectivity index (χ2n) is 5.29. The van der Waals surface area contributed by atoms with Gasteiger partial charge < -0.3 is 9.84 Å². The summed E-state index contributed by atoms with van der Waals surface area (Å²) >= 11 is 0. The van der Waals surface area contributed by atoms with Crippen LogP contribution in [0.3, 0.4) is 0 Å². The number of ketones is 1. The van der Waals surface area contributed by atoms with Crippen molar-refractivity contribution in [3.8, 4) is 0 Å². The van der Waals surface area contributed by atoms with E-state index in [-0.39, 0.29) is 24.3 Å². The van der Waals surface area contributed by atoms with Gasteiger partial charge in [0.1, 0.15) is 5.92 Å². The van der Waals surface area contributed by atoms with E-state index in [9.17, 15) is 9.59 Å². The van der Waals surface area contributed by atoms with Gasteiger partial charge in [-0.3, -0.25) is 9.59 Å². The highest BCUT2D eigenvalue weighted by Gasteiger charge is 2.62. The van der Waals surface area contributed by atoms with E-state index in [1.807, 2.05) is 0 Å². The number of ether oxygens (including phenoxy) is 1. The van der Waals surface area contributed by atoms with E-state index in [2.05, 4.69) is 0 Å². The molecule has 1 aromatic rings. The summed E-state index contributed by atoms with van der Waals surface area (Å²) in [6, 6.07) is 6.84. The molecule has 2 atom stereocenters. The Morgan fingerprint density at radius 1 is 1.32 bits per heavy atom. The normalized spacial score (nSPS) is 29.1. The molecule has 4 heteroatoms. The topological polar surface area (TPSA) is 63.6 Å². The zero-order valence-electron chi connectivity index (χ0n) is 10.6. The average Bonchev–Trinajstić information content (AvgIpc) is 2.45. The Labute approximate surface area is 111 Å². The minimum Gasteiger partial charge on any atom is -0.449 e. The minimum absolute atomic E-state index is 0.0444. The molecule has 1 heterocycles. The first-order valence-corrected chi connectivity index (χ1v) is 6.65. The quantitative estimate of drug-likeness (QED) is 0.665. The lowest BCUT2D eigenvalue weighted by Gasteiger charge is -2.48. The number of aliphatic hydroxyl groups is 1. The Bertz CT molecular complexity index is 519. The summed E-state index contributed by atoms with van der Waals surface area (Å²) in [7, 11) is 0. The smallest absolute Gasteiger partial charge is 0.314 e. The van der Waals surface area contributed by atoms with Crippen LogP contribution < -0.4 is 0 Å². The largest absolute Gasteiger partial charge is 0.449 e. The molecule has 1 aliphatic heterocycles. The fraction of sp³-hybridized carbons (Fsp3) is 0.467. The van der Waals surface area contributed by atoms with Gasteiger partial charge in [0.15, 0.2) is 5.60 Å². The van der Waals surface area contributed by atoms with E-state index in [0.717, 1.165) is 24.8 Å². The number of carbonyl (C=O) groups is 2. The van der Waals surface area contributed by atoms with E-state index < -0.39 is 5.60 Å². The van der Waals surface area contributed by atoms with Crippen LogP contribution >= 0.6 is 0 Å². The lowest BCUT2D eigenvalue weighted by molar-refractivity contribution is -0.207. The summed E-state index contributed by atoms with van der Waals surface area (Å²) in [5, 5.41) is 9.00. The van der Waals surface area contributed by atoms with Crippen molar-refractivity contribution in [3.63, 3.8) is 0 Å². The van der Waals surface area contributed by atoms with E-state index in [4.69, 9.17) is 9.84 Å². The lowest BCUT2D eigenvalue weighted by Crippen LogP contribution is -2.63. The number of Topliss-reactive ketones (excluding diaryl/α,β-unsaturated/α-hetero) is 1. The maximum atomic E-state index is 12.6. The van der Waals surface area contributed by atoms with Crippen molar-refractivity contribution < 1.29 is 19.4 Å². The molecule has 2 aliphatic rings. The molecule has 1 aromatic carbocycles. The maximum Gasteiger partial charge on any atom is 0.314 e. The van der Waals surface area contributed by atoms with Crippen molar-refractivity contribution in [1.29, 1.82) is 0 Å². The van der Waals surface area contributed by atoms with Crippen LogP contribution in [-0.4, -0.2) is 22.5 Å². The van der Waals surface area contributed by atoms with E-state index in [1.54, 1.807) is 24.3 Å². The maximum absolute atomic E-state index is 12.6. The van der Waals surface area contributed by atoms with Gasteiger partial charge in [-0.05, 0) is 24.8 Å². The number of benzene rings is 1. The van der Waals surface area contributed by atoms with Gasteiger partial charge in [0.2, 0.25) is 5.78 Å². The molecule has 2 unspecified atom stereocenters. The molecule has 1 saturated carbocycles. The van der Waals surface area contributed by atoms with Crippen LogP contribution in [0.15, 0.2) is 24.3 Å². The minimum atomic E-state index is -0.907. The molecule has 1 saturated heterocycles. The third-order valence-electron chi connectivity index (χ3n) is 4.20. The molecule has 0 bridgehead atoms. The summed E-state index contributed by atoms with van der Waals surface area (Å²) in [6.45, 7) is -0.0444. The molecule has 4 nitrogen and oxygen atoms in total. The Kier molecular flexibility index (Phi) is 2.90. The molecule has 100 valence electrons. The molecule has 19 heavy (non-hydrogen) atoms. The van der Waals surface area contributed by atoms with Gasteiger partial charge in [0.25, 0.3) is 0 Å². The highest BCUT2D eigenvalue weighted by atomic mass is 16.6. The van der Waals surface area contributed by atoms with Gasteiger partial charge in [0.05, 0.1) is 6.61 Å². The predicted molar refractivity (Wildman–Crippen MR) is 67.5 cm³/mol. The molecular formula is C15H16O4. The highest BCUT2D eigenvalue weighted by Crippen LogP contribution is 2.47.